The molecule has 22 heavy (non-hydrogen) atoms. The minimum absolute atomic E-state index is 0.0479. The summed E-state index contributed by atoms with van der Waals surface area (Å²) in [5.41, 5.74) is 2.41. The highest BCUT2D eigenvalue weighted by Gasteiger charge is 2.24. The average molecular weight is 298 g/mol. The van der Waals surface area contributed by atoms with E-state index in [9.17, 15) is 14.4 Å². The fourth-order valence-electron chi connectivity index (χ4n) is 2.37. The first kappa shape index (κ1) is 15.8. The molecule has 5 nitrogen and oxygen atoms in total. The SMILES string of the molecule is CNc1cccc(C#CC2CCC(=O)NC2=O)c1CC(C)=O. The number of benzene rings is 1. The molecule has 1 aliphatic rings. The molecule has 1 fully saturated rings. The standard InChI is InChI=1S/C17H18N2O3/c1-11(20)10-14-12(4-3-5-15(14)18-2)6-7-13-8-9-16(21)19-17(13)22/h3-5,13,18H,8-10H2,1-2H3,(H,19,21,22). The fraction of sp³-hybridized carbons (Fsp3) is 0.353. The molecule has 0 aromatic heterocycles. The molecule has 1 aromatic carbocycles. The van der Waals surface area contributed by atoms with E-state index in [1.807, 2.05) is 18.2 Å². The second-order valence-electron chi connectivity index (χ2n) is 5.23. The number of amides is 2. The molecule has 0 aliphatic carbocycles. The molecule has 0 bridgehead atoms. The zero-order valence-electron chi connectivity index (χ0n) is 12.7. The van der Waals surface area contributed by atoms with Gasteiger partial charge in [-0.2, -0.15) is 0 Å². The van der Waals surface area contributed by atoms with Gasteiger partial charge in [-0.15, -0.1) is 0 Å². The van der Waals surface area contributed by atoms with Crippen molar-refractivity contribution in [2.75, 3.05) is 12.4 Å². The van der Waals surface area contributed by atoms with Gasteiger partial charge in [-0.3, -0.25) is 19.7 Å². The number of piperidine rings is 1. The Balaban J connectivity index is 2.30. The summed E-state index contributed by atoms with van der Waals surface area (Å²) in [4.78, 5) is 34.3. The highest BCUT2D eigenvalue weighted by Crippen LogP contribution is 2.20. The van der Waals surface area contributed by atoms with E-state index in [0.717, 1.165) is 16.8 Å². The molecule has 0 spiro atoms. The lowest BCUT2D eigenvalue weighted by molar-refractivity contribution is -0.134. The number of ketones is 1. The van der Waals surface area contributed by atoms with E-state index >= 15 is 0 Å². The largest absolute Gasteiger partial charge is 0.388 e. The van der Waals surface area contributed by atoms with Crippen LogP contribution in [0.2, 0.25) is 0 Å². The van der Waals surface area contributed by atoms with Crippen molar-refractivity contribution < 1.29 is 14.4 Å². The fourth-order valence-corrected chi connectivity index (χ4v) is 2.37. The number of hydrogen-bond acceptors (Lipinski definition) is 4. The van der Waals surface area contributed by atoms with Crippen molar-refractivity contribution in [2.24, 2.45) is 5.92 Å². The van der Waals surface area contributed by atoms with E-state index in [4.69, 9.17) is 0 Å². The van der Waals surface area contributed by atoms with E-state index in [-0.39, 0.29) is 24.0 Å². The topological polar surface area (TPSA) is 75.3 Å². The molecule has 1 saturated heterocycles. The normalized spacial score (nSPS) is 17.3. The van der Waals surface area contributed by atoms with Gasteiger partial charge in [0.2, 0.25) is 11.8 Å². The summed E-state index contributed by atoms with van der Waals surface area (Å²) >= 11 is 0. The predicted molar refractivity (Wildman–Crippen MR) is 83.1 cm³/mol. The van der Waals surface area contributed by atoms with Gasteiger partial charge in [0, 0.05) is 31.1 Å². The van der Waals surface area contributed by atoms with Crippen molar-refractivity contribution in [1.82, 2.24) is 5.32 Å². The van der Waals surface area contributed by atoms with Gasteiger partial charge in [-0.1, -0.05) is 17.9 Å². The number of carbonyl (C=O) groups is 3. The van der Waals surface area contributed by atoms with E-state index in [2.05, 4.69) is 22.5 Å². The molecule has 2 N–H and O–H groups in total. The van der Waals surface area contributed by atoms with E-state index in [0.29, 0.717) is 12.8 Å². The summed E-state index contributed by atoms with van der Waals surface area (Å²) in [7, 11) is 1.79. The molecule has 1 heterocycles. The zero-order valence-corrected chi connectivity index (χ0v) is 12.7. The lowest BCUT2D eigenvalue weighted by Crippen LogP contribution is -2.40. The highest BCUT2D eigenvalue weighted by atomic mass is 16.2. The van der Waals surface area contributed by atoms with Gasteiger partial charge in [0.1, 0.15) is 11.7 Å². The van der Waals surface area contributed by atoms with Crippen LogP contribution in [0.4, 0.5) is 5.69 Å². The first-order valence-electron chi connectivity index (χ1n) is 7.15. The van der Waals surface area contributed by atoms with Crippen LogP contribution < -0.4 is 10.6 Å². The molecule has 1 aromatic rings. The van der Waals surface area contributed by atoms with Crippen LogP contribution in [-0.4, -0.2) is 24.6 Å². The molecule has 2 rings (SSSR count). The van der Waals surface area contributed by atoms with Crippen LogP contribution in [0.3, 0.4) is 0 Å². The van der Waals surface area contributed by atoms with E-state index in [1.54, 1.807) is 7.05 Å². The van der Waals surface area contributed by atoms with Crippen LogP contribution in [0.25, 0.3) is 0 Å². The number of anilines is 1. The van der Waals surface area contributed by atoms with Crippen molar-refractivity contribution in [3.63, 3.8) is 0 Å². The Morgan fingerprint density at radius 3 is 2.82 bits per heavy atom. The molecule has 0 radical (unpaired) electrons. The molecule has 2 amide bonds. The summed E-state index contributed by atoms with van der Waals surface area (Å²) in [5.74, 6) is 4.88. The summed E-state index contributed by atoms with van der Waals surface area (Å²) in [6.45, 7) is 1.53. The summed E-state index contributed by atoms with van der Waals surface area (Å²) in [6.07, 6.45) is 1.03. The van der Waals surface area contributed by atoms with E-state index in [1.165, 1.54) is 6.92 Å². The quantitative estimate of drug-likeness (QED) is 0.651. The summed E-state index contributed by atoms with van der Waals surface area (Å²) < 4.78 is 0. The van der Waals surface area contributed by atoms with Gasteiger partial charge in [0.15, 0.2) is 0 Å². The van der Waals surface area contributed by atoms with Crippen molar-refractivity contribution >= 4 is 23.3 Å². The summed E-state index contributed by atoms with van der Waals surface area (Å²) in [6, 6.07) is 5.57. The molecule has 1 unspecified atom stereocenters. The predicted octanol–water partition coefficient (Wildman–Crippen LogP) is 1.26. The molecule has 1 atom stereocenters. The van der Waals surface area contributed by atoms with Crippen molar-refractivity contribution in [3.05, 3.63) is 29.3 Å². The lowest BCUT2D eigenvalue weighted by atomic mass is 9.96. The average Bonchev–Trinajstić information content (AvgIpc) is 2.47. The maximum atomic E-state index is 11.7. The molecular weight excluding hydrogens is 280 g/mol. The number of Topliss-reactive ketones (excluding diaryl/α,β-unsaturated/α-hetero) is 1. The number of rotatable bonds is 3. The highest BCUT2D eigenvalue weighted by molar-refractivity contribution is 5.99. The third-order valence-electron chi connectivity index (χ3n) is 3.49. The monoisotopic (exact) mass is 298 g/mol. The Bertz CT molecular complexity index is 683. The molecular formula is C17H18N2O3. The molecule has 5 heteroatoms. The molecule has 0 saturated carbocycles. The summed E-state index contributed by atoms with van der Waals surface area (Å²) in [5, 5.41) is 5.34. The van der Waals surface area contributed by atoms with Gasteiger partial charge in [-0.25, -0.2) is 0 Å². The van der Waals surface area contributed by atoms with Crippen LogP contribution in [0.5, 0.6) is 0 Å². The first-order chi connectivity index (χ1) is 10.5. The Morgan fingerprint density at radius 2 is 2.18 bits per heavy atom. The molecule has 1 aliphatic heterocycles. The van der Waals surface area contributed by atoms with E-state index < -0.39 is 5.92 Å². The number of imide groups is 1. The molecule has 114 valence electrons. The Labute approximate surface area is 129 Å². The maximum absolute atomic E-state index is 11.7. The van der Waals surface area contributed by atoms with Crippen LogP contribution in [0.1, 0.15) is 30.9 Å². The number of hydrogen-bond donors (Lipinski definition) is 2. The second-order valence-corrected chi connectivity index (χ2v) is 5.23. The minimum atomic E-state index is -0.485. The smallest absolute Gasteiger partial charge is 0.241 e. The van der Waals surface area contributed by atoms with Crippen molar-refractivity contribution in [1.29, 1.82) is 0 Å². The zero-order chi connectivity index (χ0) is 16.1. The number of nitrogens with one attached hydrogen (secondary N) is 2. The Hall–Kier alpha value is -2.61. The van der Waals surface area contributed by atoms with Crippen LogP contribution in [-0.2, 0) is 20.8 Å². The van der Waals surface area contributed by atoms with Crippen LogP contribution >= 0.6 is 0 Å². The van der Waals surface area contributed by atoms with Crippen LogP contribution in [0, 0.1) is 17.8 Å². The van der Waals surface area contributed by atoms with Gasteiger partial charge in [-0.05, 0) is 31.0 Å². The van der Waals surface area contributed by atoms with Crippen molar-refractivity contribution in [3.8, 4) is 11.8 Å². The maximum Gasteiger partial charge on any atom is 0.241 e. The second kappa shape index (κ2) is 6.90. The van der Waals surface area contributed by atoms with Gasteiger partial charge < -0.3 is 5.32 Å². The van der Waals surface area contributed by atoms with Gasteiger partial charge in [0.25, 0.3) is 0 Å². The van der Waals surface area contributed by atoms with Crippen molar-refractivity contribution in [2.45, 2.75) is 26.2 Å². The van der Waals surface area contributed by atoms with Gasteiger partial charge in [0.05, 0.1) is 0 Å². The lowest BCUT2D eigenvalue weighted by Gasteiger charge is -2.15. The third kappa shape index (κ3) is 3.73. The number of carbonyl (C=O) groups excluding carboxylic acids is 3. The van der Waals surface area contributed by atoms with Crippen LogP contribution in [0.15, 0.2) is 18.2 Å². The minimum Gasteiger partial charge on any atom is -0.388 e. The Kier molecular flexibility index (Phi) is 4.95. The van der Waals surface area contributed by atoms with Gasteiger partial charge >= 0.3 is 0 Å². The first-order valence-corrected chi connectivity index (χ1v) is 7.15. The Morgan fingerprint density at radius 1 is 1.41 bits per heavy atom. The third-order valence-corrected chi connectivity index (χ3v) is 3.49.